The molecule has 0 atom stereocenters. The van der Waals surface area contributed by atoms with Crippen LogP contribution in [0.25, 0.3) is 0 Å². The van der Waals surface area contributed by atoms with Gasteiger partial charge in [0.1, 0.15) is 0 Å². The van der Waals surface area contributed by atoms with E-state index < -0.39 is 0 Å². The Hall–Kier alpha value is -1.17. The minimum Gasteiger partial charge on any atom is -0.360 e. The number of hydrogen-bond acceptors (Lipinski definition) is 4. The van der Waals surface area contributed by atoms with Gasteiger partial charge in [-0.2, -0.15) is 0 Å². The van der Waals surface area contributed by atoms with Crippen molar-refractivity contribution < 1.29 is 4.52 Å². The first-order valence-electron chi connectivity index (χ1n) is 5.75. The summed E-state index contributed by atoms with van der Waals surface area (Å²) in [6.45, 7) is 2.01. The van der Waals surface area contributed by atoms with E-state index in [4.69, 9.17) is 10.3 Å². The SMILES string of the molecule is CN(Cc1ccc(Br)cc1)Cc1cc(CN)no1. The maximum absolute atomic E-state index is 5.49. The van der Waals surface area contributed by atoms with E-state index in [2.05, 4.69) is 38.1 Å². The number of benzene rings is 1. The molecule has 2 N–H and O–H groups in total. The fourth-order valence-corrected chi connectivity index (χ4v) is 2.01. The van der Waals surface area contributed by atoms with E-state index in [9.17, 15) is 0 Å². The van der Waals surface area contributed by atoms with Crippen molar-refractivity contribution in [2.45, 2.75) is 19.6 Å². The number of rotatable bonds is 5. The lowest BCUT2D eigenvalue weighted by atomic mass is 10.2. The summed E-state index contributed by atoms with van der Waals surface area (Å²) in [6.07, 6.45) is 0. The van der Waals surface area contributed by atoms with Crippen molar-refractivity contribution in [3.05, 3.63) is 51.8 Å². The van der Waals surface area contributed by atoms with Crippen LogP contribution in [0.2, 0.25) is 0 Å². The van der Waals surface area contributed by atoms with Crippen LogP contribution >= 0.6 is 15.9 Å². The summed E-state index contributed by atoms with van der Waals surface area (Å²) < 4.78 is 6.30. The molecule has 1 heterocycles. The van der Waals surface area contributed by atoms with Crippen LogP contribution in [0.15, 0.2) is 39.3 Å². The van der Waals surface area contributed by atoms with Gasteiger partial charge in [-0.3, -0.25) is 4.90 Å². The maximum atomic E-state index is 5.49. The Balaban J connectivity index is 1.91. The Morgan fingerprint density at radius 1 is 1.28 bits per heavy atom. The molecule has 0 aliphatic carbocycles. The summed E-state index contributed by atoms with van der Waals surface area (Å²) in [6, 6.07) is 10.2. The predicted molar refractivity (Wildman–Crippen MR) is 73.7 cm³/mol. The van der Waals surface area contributed by atoms with Crippen LogP contribution in [0.3, 0.4) is 0 Å². The van der Waals surface area contributed by atoms with Gasteiger partial charge in [0.05, 0.1) is 12.2 Å². The van der Waals surface area contributed by atoms with Gasteiger partial charge in [0.25, 0.3) is 0 Å². The van der Waals surface area contributed by atoms with E-state index in [1.165, 1.54) is 5.56 Å². The monoisotopic (exact) mass is 309 g/mol. The Morgan fingerprint density at radius 2 is 2.00 bits per heavy atom. The zero-order chi connectivity index (χ0) is 13.0. The van der Waals surface area contributed by atoms with Gasteiger partial charge in [-0.05, 0) is 24.7 Å². The van der Waals surface area contributed by atoms with E-state index in [0.29, 0.717) is 6.54 Å². The molecule has 1 aromatic carbocycles. The highest BCUT2D eigenvalue weighted by atomic mass is 79.9. The molecule has 4 nitrogen and oxygen atoms in total. The average molecular weight is 310 g/mol. The Morgan fingerprint density at radius 3 is 2.61 bits per heavy atom. The highest BCUT2D eigenvalue weighted by molar-refractivity contribution is 9.10. The first kappa shape index (κ1) is 13.3. The van der Waals surface area contributed by atoms with Crippen molar-refractivity contribution in [1.29, 1.82) is 0 Å². The summed E-state index contributed by atoms with van der Waals surface area (Å²) in [7, 11) is 2.05. The van der Waals surface area contributed by atoms with Gasteiger partial charge < -0.3 is 10.3 Å². The number of halogens is 1. The van der Waals surface area contributed by atoms with E-state index in [0.717, 1.165) is 29.0 Å². The lowest BCUT2D eigenvalue weighted by Gasteiger charge is -2.14. The molecular weight excluding hydrogens is 294 g/mol. The molecule has 1 aromatic heterocycles. The van der Waals surface area contributed by atoms with Gasteiger partial charge in [0.15, 0.2) is 5.76 Å². The average Bonchev–Trinajstić information content (AvgIpc) is 2.79. The van der Waals surface area contributed by atoms with Gasteiger partial charge in [-0.25, -0.2) is 0 Å². The zero-order valence-corrected chi connectivity index (χ0v) is 11.9. The van der Waals surface area contributed by atoms with Crippen LogP contribution in [-0.2, 0) is 19.6 Å². The molecule has 0 saturated heterocycles. The largest absolute Gasteiger partial charge is 0.360 e. The molecule has 96 valence electrons. The number of hydrogen-bond donors (Lipinski definition) is 1. The van der Waals surface area contributed by atoms with Gasteiger partial charge in [-0.15, -0.1) is 0 Å². The van der Waals surface area contributed by atoms with Crippen LogP contribution in [0.4, 0.5) is 0 Å². The molecule has 0 fully saturated rings. The minimum atomic E-state index is 0.417. The molecule has 0 amide bonds. The predicted octanol–water partition coefficient (Wildman–Crippen LogP) is 2.53. The van der Waals surface area contributed by atoms with Gasteiger partial charge in [0.2, 0.25) is 0 Å². The third-order valence-corrected chi connectivity index (χ3v) is 3.14. The van der Waals surface area contributed by atoms with Crippen LogP contribution in [-0.4, -0.2) is 17.1 Å². The summed E-state index contributed by atoms with van der Waals surface area (Å²) in [4.78, 5) is 2.17. The second kappa shape index (κ2) is 6.13. The van der Waals surface area contributed by atoms with E-state index >= 15 is 0 Å². The number of nitrogens with zero attached hydrogens (tertiary/aromatic N) is 2. The van der Waals surface area contributed by atoms with Crippen molar-refractivity contribution >= 4 is 15.9 Å². The van der Waals surface area contributed by atoms with Gasteiger partial charge in [0, 0.05) is 23.6 Å². The lowest BCUT2D eigenvalue weighted by Crippen LogP contribution is -2.16. The highest BCUT2D eigenvalue weighted by Crippen LogP contribution is 2.13. The van der Waals surface area contributed by atoms with Crippen LogP contribution in [0, 0.1) is 0 Å². The molecule has 5 heteroatoms. The Bertz CT molecular complexity index is 495. The summed E-state index contributed by atoms with van der Waals surface area (Å²) in [5, 5.41) is 3.87. The van der Waals surface area contributed by atoms with Crippen molar-refractivity contribution in [2.24, 2.45) is 5.73 Å². The standard InChI is InChI=1S/C13H16BrN3O/c1-17(8-10-2-4-11(14)5-3-10)9-13-6-12(7-15)16-18-13/h2-6H,7-9,15H2,1H3. The van der Waals surface area contributed by atoms with Crippen molar-refractivity contribution in [1.82, 2.24) is 10.1 Å². The molecule has 0 aliphatic rings. The molecule has 0 saturated carbocycles. The first-order chi connectivity index (χ1) is 8.67. The molecule has 0 unspecified atom stereocenters. The van der Waals surface area contributed by atoms with Gasteiger partial charge >= 0.3 is 0 Å². The zero-order valence-electron chi connectivity index (χ0n) is 10.3. The van der Waals surface area contributed by atoms with Crippen LogP contribution < -0.4 is 5.73 Å². The summed E-state index contributed by atoms with van der Waals surface area (Å²) in [5.74, 6) is 0.843. The van der Waals surface area contributed by atoms with E-state index in [1.54, 1.807) is 0 Å². The maximum Gasteiger partial charge on any atom is 0.151 e. The molecule has 0 radical (unpaired) electrons. The molecule has 0 spiro atoms. The summed E-state index contributed by atoms with van der Waals surface area (Å²) >= 11 is 3.43. The second-order valence-electron chi connectivity index (χ2n) is 4.29. The molecular formula is C13H16BrN3O. The van der Waals surface area contributed by atoms with Crippen molar-refractivity contribution in [3.8, 4) is 0 Å². The molecule has 2 rings (SSSR count). The Labute approximate surface area is 115 Å². The van der Waals surface area contributed by atoms with Crippen LogP contribution in [0.1, 0.15) is 17.0 Å². The number of aromatic nitrogens is 1. The lowest BCUT2D eigenvalue weighted by molar-refractivity contribution is 0.265. The first-order valence-corrected chi connectivity index (χ1v) is 6.54. The Kier molecular flexibility index (Phi) is 4.52. The topological polar surface area (TPSA) is 55.3 Å². The quantitative estimate of drug-likeness (QED) is 0.922. The van der Waals surface area contributed by atoms with E-state index in [1.807, 2.05) is 25.2 Å². The fourth-order valence-electron chi connectivity index (χ4n) is 1.75. The van der Waals surface area contributed by atoms with Crippen LogP contribution in [0.5, 0.6) is 0 Å². The van der Waals surface area contributed by atoms with Gasteiger partial charge in [-0.1, -0.05) is 33.2 Å². The second-order valence-corrected chi connectivity index (χ2v) is 5.20. The smallest absolute Gasteiger partial charge is 0.151 e. The normalized spacial score (nSPS) is 11.1. The van der Waals surface area contributed by atoms with Crippen molar-refractivity contribution in [2.75, 3.05) is 7.05 Å². The molecule has 18 heavy (non-hydrogen) atoms. The third kappa shape index (κ3) is 3.66. The highest BCUT2D eigenvalue weighted by Gasteiger charge is 2.07. The molecule has 2 aromatic rings. The molecule has 0 bridgehead atoms. The third-order valence-electron chi connectivity index (χ3n) is 2.61. The minimum absolute atomic E-state index is 0.417. The number of nitrogens with two attached hydrogens (primary N) is 1. The van der Waals surface area contributed by atoms with Crippen molar-refractivity contribution in [3.63, 3.8) is 0 Å². The fraction of sp³-hybridized carbons (Fsp3) is 0.308. The van der Waals surface area contributed by atoms with E-state index in [-0.39, 0.29) is 0 Å². The molecule has 0 aliphatic heterocycles. The summed E-state index contributed by atoms with van der Waals surface area (Å²) in [5.41, 5.74) is 7.55.